The molecule has 0 aromatic carbocycles. The van der Waals surface area contributed by atoms with Gasteiger partial charge in [-0.25, -0.2) is 0 Å². The standard InChI is InChI=1S/C15H30/c1-6-9-14(4)11-15(5,12-14)10-8-13(3)7-2/h13H,6-12H2,1-5H3. The van der Waals surface area contributed by atoms with Crippen molar-refractivity contribution >= 4 is 0 Å². The summed E-state index contributed by atoms with van der Waals surface area (Å²) in [5, 5.41) is 0. The second-order valence-electron chi connectivity index (χ2n) is 6.78. The molecule has 15 heavy (non-hydrogen) atoms. The molecule has 1 atom stereocenters. The van der Waals surface area contributed by atoms with Crippen molar-refractivity contribution in [3.8, 4) is 0 Å². The third kappa shape index (κ3) is 3.50. The van der Waals surface area contributed by atoms with Gasteiger partial charge in [0.25, 0.3) is 0 Å². The molecule has 1 aliphatic rings. The molecule has 0 aliphatic heterocycles. The summed E-state index contributed by atoms with van der Waals surface area (Å²) in [7, 11) is 0. The molecule has 90 valence electrons. The van der Waals surface area contributed by atoms with Gasteiger partial charge in [-0.2, -0.15) is 0 Å². The van der Waals surface area contributed by atoms with Crippen molar-refractivity contribution in [3.63, 3.8) is 0 Å². The summed E-state index contributed by atoms with van der Waals surface area (Å²) in [6.07, 6.45) is 10.00. The molecular formula is C15H30. The largest absolute Gasteiger partial charge is 0.0654 e. The van der Waals surface area contributed by atoms with Crippen molar-refractivity contribution in [2.45, 2.75) is 79.6 Å². The Bertz CT molecular complexity index is 186. The van der Waals surface area contributed by atoms with Gasteiger partial charge in [-0.3, -0.25) is 0 Å². The Labute approximate surface area is 96.8 Å². The average Bonchev–Trinajstić information content (AvgIpc) is 2.12. The summed E-state index contributed by atoms with van der Waals surface area (Å²) in [6.45, 7) is 12.0. The molecule has 0 amide bonds. The second-order valence-corrected chi connectivity index (χ2v) is 6.78. The zero-order chi connectivity index (χ0) is 11.5. The van der Waals surface area contributed by atoms with E-state index in [1.165, 1.54) is 44.9 Å². The van der Waals surface area contributed by atoms with Crippen molar-refractivity contribution in [1.82, 2.24) is 0 Å². The Hall–Kier alpha value is 0. The molecule has 0 saturated heterocycles. The van der Waals surface area contributed by atoms with Crippen LogP contribution in [0, 0.1) is 16.7 Å². The van der Waals surface area contributed by atoms with Crippen LogP contribution < -0.4 is 0 Å². The fourth-order valence-electron chi connectivity index (χ4n) is 3.76. The molecule has 1 aliphatic carbocycles. The van der Waals surface area contributed by atoms with E-state index in [-0.39, 0.29) is 0 Å². The predicted octanol–water partition coefficient (Wildman–Crippen LogP) is 5.42. The van der Waals surface area contributed by atoms with Crippen LogP contribution in [0.25, 0.3) is 0 Å². The van der Waals surface area contributed by atoms with Crippen LogP contribution in [0.15, 0.2) is 0 Å². The molecule has 0 heteroatoms. The smallest absolute Gasteiger partial charge is 0.0315 e. The first-order chi connectivity index (χ1) is 6.93. The molecule has 0 N–H and O–H groups in total. The highest BCUT2D eigenvalue weighted by molar-refractivity contribution is 4.98. The molecule has 0 heterocycles. The third-order valence-electron chi connectivity index (χ3n) is 4.50. The van der Waals surface area contributed by atoms with Crippen LogP contribution >= 0.6 is 0 Å². The van der Waals surface area contributed by atoms with E-state index in [4.69, 9.17) is 0 Å². The Kier molecular flexibility index (Phi) is 4.26. The number of hydrogen-bond donors (Lipinski definition) is 0. The highest BCUT2D eigenvalue weighted by Gasteiger charge is 2.47. The lowest BCUT2D eigenvalue weighted by atomic mass is 9.51. The van der Waals surface area contributed by atoms with Crippen LogP contribution in [0.2, 0.25) is 0 Å². The molecule has 1 fully saturated rings. The monoisotopic (exact) mass is 210 g/mol. The van der Waals surface area contributed by atoms with E-state index in [9.17, 15) is 0 Å². The third-order valence-corrected chi connectivity index (χ3v) is 4.50. The zero-order valence-electron chi connectivity index (χ0n) is 11.5. The van der Waals surface area contributed by atoms with E-state index in [2.05, 4.69) is 34.6 Å². The van der Waals surface area contributed by atoms with Gasteiger partial charge in [0.15, 0.2) is 0 Å². The topological polar surface area (TPSA) is 0 Å². The van der Waals surface area contributed by atoms with Crippen molar-refractivity contribution in [1.29, 1.82) is 0 Å². The van der Waals surface area contributed by atoms with Crippen LogP contribution in [0.1, 0.15) is 79.6 Å². The molecule has 1 saturated carbocycles. The van der Waals surface area contributed by atoms with Gasteiger partial charge >= 0.3 is 0 Å². The van der Waals surface area contributed by atoms with Gasteiger partial charge in [0, 0.05) is 0 Å². The van der Waals surface area contributed by atoms with E-state index < -0.39 is 0 Å². The highest BCUT2D eigenvalue weighted by atomic mass is 14.5. The van der Waals surface area contributed by atoms with Crippen molar-refractivity contribution < 1.29 is 0 Å². The summed E-state index contributed by atoms with van der Waals surface area (Å²) in [4.78, 5) is 0. The summed E-state index contributed by atoms with van der Waals surface area (Å²) < 4.78 is 0. The first-order valence-corrected chi connectivity index (χ1v) is 6.93. The quantitative estimate of drug-likeness (QED) is 0.549. The highest BCUT2D eigenvalue weighted by Crippen LogP contribution is 2.58. The Morgan fingerprint density at radius 3 is 2.00 bits per heavy atom. The van der Waals surface area contributed by atoms with Gasteiger partial charge < -0.3 is 0 Å². The molecule has 0 radical (unpaired) electrons. The van der Waals surface area contributed by atoms with Crippen LogP contribution in [-0.4, -0.2) is 0 Å². The minimum Gasteiger partial charge on any atom is -0.0654 e. The molecule has 0 bridgehead atoms. The summed E-state index contributed by atoms with van der Waals surface area (Å²) >= 11 is 0. The molecule has 1 rings (SSSR count). The lowest BCUT2D eigenvalue weighted by Gasteiger charge is -2.54. The van der Waals surface area contributed by atoms with E-state index in [1.807, 2.05) is 0 Å². The first-order valence-electron chi connectivity index (χ1n) is 6.93. The summed E-state index contributed by atoms with van der Waals surface area (Å²) in [5.74, 6) is 0.930. The van der Waals surface area contributed by atoms with Crippen molar-refractivity contribution in [2.24, 2.45) is 16.7 Å². The SMILES string of the molecule is CCCC1(C)CC(C)(CCC(C)CC)C1. The summed E-state index contributed by atoms with van der Waals surface area (Å²) in [6, 6.07) is 0. The maximum absolute atomic E-state index is 2.51. The number of rotatable bonds is 6. The van der Waals surface area contributed by atoms with Crippen LogP contribution in [0.3, 0.4) is 0 Å². The van der Waals surface area contributed by atoms with Gasteiger partial charge in [0.2, 0.25) is 0 Å². The molecule has 0 aromatic rings. The number of hydrogen-bond acceptors (Lipinski definition) is 0. The minimum atomic E-state index is 0.688. The van der Waals surface area contributed by atoms with Crippen LogP contribution in [0.5, 0.6) is 0 Å². The Balaban J connectivity index is 2.27. The van der Waals surface area contributed by atoms with E-state index in [0.29, 0.717) is 10.8 Å². The summed E-state index contributed by atoms with van der Waals surface area (Å²) in [5.41, 5.74) is 1.38. The first kappa shape index (κ1) is 13.1. The van der Waals surface area contributed by atoms with Crippen molar-refractivity contribution in [2.75, 3.05) is 0 Å². The molecule has 0 spiro atoms. The Morgan fingerprint density at radius 2 is 1.53 bits per heavy atom. The lowest BCUT2D eigenvalue weighted by Crippen LogP contribution is -2.42. The minimum absolute atomic E-state index is 0.688. The molecule has 0 aromatic heterocycles. The average molecular weight is 210 g/mol. The lowest BCUT2D eigenvalue weighted by molar-refractivity contribution is -0.0292. The zero-order valence-corrected chi connectivity index (χ0v) is 11.5. The maximum Gasteiger partial charge on any atom is -0.0315 e. The fraction of sp³-hybridized carbons (Fsp3) is 1.00. The van der Waals surface area contributed by atoms with Gasteiger partial charge in [-0.05, 0) is 42.4 Å². The van der Waals surface area contributed by atoms with E-state index >= 15 is 0 Å². The molecule has 0 nitrogen and oxygen atoms in total. The fourth-order valence-corrected chi connectivity index (χ4v) is 3.76. The van der Waals surface area contributed by atoms with Gasteiger partial charge in [-0.1, -0.05) is 53.9 Å². The molecular weight excluding hydrogens is 180 g/mol. The maximum atomic E-state index is 2.51. The van der Waals surface area contributed by atoms with Gasteiger partial charge in [0.1, 0.15) is 0 Å². The predicted molar refractivity (Wildman–Crippen MR) is 69.0 cm³/mol. The second kappa shape index (κ2) is 4.89. The van der Waals surface area contributed by atoms with E-state index in [0.717, 1.165) is 5.92 Å². The van der Waals surface area contributed by atoms with Crippen LogP contribution in [-0.2, 0) is 0 Å². The molecule has 1 unspecified atom stereocenters. The Morgan fingerprint density at radius 1 is 1.00 bits per heavy atom. The van der Waals surface area contributed by atoms with E-state index in [1.54, 1.807) is 0 Å². The van der Waals surface area contributed by atoms with Gasteiger partial charge in [0.05, 0.1) is 0 Å². The van der Waals surface area contributed by atoms with Gasteiger partial charge in [-0.15, -0.1) is 0 Å². The normalized spacial score (nSPS) is 37.4. The van der Waals surface area contributed by atoms with Crippen LogP contribution in [0.4, 0.5) is 0 Å². The van der Waals surface area contributed by atoms with Crippen molar-refractivity contribution in [3.05, 3.63) is 0 Å².